The quantitative estimate of drug-likeness (QED) is 0.846. The first kappa shape index (κ1) is 15.9. The zero-order valence-corrected chi connectivity index (χ0v) is 14.8. The molecule has 2 aromatic heterocycles. The summed E-state index contributed by atoms with van der Waals surface area (Å²) < 4.78 is 7.42. The minimum atomic E-state index is 0.535. The number of hydrogen-bond acceptors (Lipinski definition) is 4. The largest absolute Gasteiger partial charge is 0.468 e. The molecular formula is C19H28N4O. The minimum absolute atomic E-state index is 0.535. The fraction of sp³-hybridized carbons (Fsp3) is 0.632. The molecule has 2 aliphatic rings. The summed E-state index contributed by atoms with van der Waals surface area (Å²) in [5.41, 5.74) is 1.86. The van der Waals surface area contributed by atoms with E-state index >= 15 is 0 Å². The highest BCUT2D eigenvalue weighted by Gasteiger charge is 2.49. The molecule has 5 heteroatoms. The van der Waals surface area contributed by atoms with Crippen molar-refractivity contribution in [3.63, 3.8) is 0 Å². The highest BCUT2D eigenvalue weighted by atomic mass is 16.3. The van der Waals surface area contributed by atoms with Crippen molar-refractivity contribution < 1.29 is 4.42 Å². The number of piperidine rings is 1. The van der Waals surface area contributed by atoms with E-state index in [9.17, 15) is 0 Å². The number of furan rings is 1. The Morgan fingerprint density at radius 3 is 2.75 bits per heavy atom. The lowest BCUT2D eigenvalue weighted by atomic mass is 9.58. The van der Waals surface area contributed by atoms with Gasteiger partial charge in [-0.05, 0) is 63.4 Å². The molecular weight excluding hydrogens is 300 g/mol. The maximum absolute atomic E-state index is 5.53. The molecule has 1 spiro atoms. The predicted octanol–water partition coefficient (Wildman–Crippen LogP) is 2.89. The molecule has 1 saturated carbocycles. The number of nitrogens with zero attached hydrogens (tertiary/aromatic N) is 4. The van der Waals surface area contributed by atoms with Crippen molar-refractivity contribution in [2.45, 2.75) is 44.8 Å². The van der Waals surface area contributed by atoms with E-state index in [0.717, 1.165) is 18.8 Å². The number of rotatable bonds is 5. The van der Waals surface area contributed by atoms with E-state index in [2.05, 4.69) is 34.2 Å². The van der Waals surface area contributed by atoms with E-state index in [4.69, 9.17) is 4.42 Å². The zero-order valence-electron chi connectivity index (χ0n) is 14.8. The Labute approximate surface area is 144 Å². The van der Waals surface area contributed by atoms with Gasteiger partial charge in [0.05, 0.1) is 19.0 Å². The Morgan fingerprint density at radius 1 is 1.33 bits per heavy atom. The van der Waals surface area contributed by atoms with Crippen molar-refractivity contribution in [1.29, 1.82) is 0 Å². The Morgan fingerprint density at radius 2 is 2.17 bits per heavy atom. The summed E-state index contributed by atoms with van der Waals surface area (Å²) in [7, 11) is 4.25. The van der Waals surface area contributed by atoms with Crippen molar-refractivity contribution in [2.24, 2.45) is 12.5 Å². The number of aromatic nitrogens is 2. The minimum Gasteiger partial charge on any atom is -0.468 e. The first-order chi connectivity index (χ1) is 11.6. The summed E-state index contributed by atoms with van der Waals surface area (Å²) in [5, 5.41) is 4.28. The molecule has 0 radical (unpaired) electrons. The highest BCUT2D eigenvalue weighted by molar-refractivity contribution is 5.07. The van der Waals surface area contributed by atoms with Crippen LogP contribution in [0, 0.1) is 5.41 Å². The summed E-state index contributed by atoms with van der Waals surface area (Å²) in [6.07, 6.45) is 11.3. The Kier molecular flexibility index (Phi) is 4.22. The van der Waals surface area contributed by atoms with Gasteiger partial charge in [0.25, 0.3) is 0 Å². The van der Waals surface area contributed by atoms with Gasteiger partial charge >= 0.3 is 0 Å². The smallest absolute Gasteiger partial charge is 0.117 e. The average Bonchev–Trinajstić information content (AvgIpc) is 3.19. The second-order valence-electron chi connectivity index (χ2n) is 7.71. The molecule has 3 heterocycles. The van der Waals surface area contributed by atoms with E-state index in [1.165, 1.54) is 44.3 Å². The molecule has 0 unspecified atom stereocenters. The molecule has 24 heavy (non-hydrogen) atoms. The topological polar surface area (TPSA) is 37.4 Å². The molecule has 1 aliphatic carbocycles. The van der Waals surface area contributed by atoms with Gasteiger partial charge in [0.2, 0.25) is 0 Å². The van der Waals surface area contributed by atoms with Crippen molar-refractivity contribution in [2.75, 3.05) is 20.1 Å². The Hall–Kier alpha value is -1.59. The first-order valence-corrected chi connectivity index (χ1v) is 9.07. The van der Waals surface area contributed by atoms with Crippen LogP contribution in [0.5, 0.6) is 0 Å². The molecule has 0 aromatic carbocycles. The third-order valence-corrected chi connectivity index (χ3v) is 6.16. The number of aryl methyl sites for hydroxylation is 1. The molecule has 0 amide bonds. The lowest BCUT2D eigenvalue weighted by molar-refractivity contribution is -0.0648. The number of hydrogen-bond donors (Lipinski definition) is 0. The lowest BCUT2D eigenvalue weighted by Crippen LogP contribution is -2.57. The van der Waals surface area contributed by atoms with Crippen LogP contribution >= 0.6 is 0 Å². The average molecular weight is 328 g/mol. The van der Waals surface area contributed by atoms with Gasteiger partial charge in [-0.25, -0.2) is 0 Å². The summed E-state index contributed by atoms with van der Waals surface area (Å²) in [5.74, 6) is 1.08. The number of likely N-dealkylation sites (tertiary alicyclic amines) is 1. The normalized spacial score (nSPS) is 23.7. The van der Waals surface area contributed by atoms with E-state index in [1.807, 2.05) is 24.0 Å². The van der Waals surface area contributed by atoms with Crippen LogP contribution in [-0.2, 0) is 20.1 Å². The fourth-order valence-electron chi connectivity index (χ4n) is 4.68. The highest BCUT2D eigenvalue weighted by Crippen LogP contribution is 2.51. The van der Waals surface area contributed by atoms with Gasteiger partial charge in [0, 0.05) is 31.4 Å². The zero-order chi connectivity index (χ0) is 16.6. The van der Waals surface area contributed by atoms with Crippen LogP contribution in [0.25, 0.3) is 0 Å². The van der Waals surface area contributed by atoms with Gasteiger partial charge in [-0.3, -0.25) is 14.5 Å². The fourth-order valence-corrected chi connectivity index (χ4v) is 4.68. The SMILES string of the molecule is CN(Cc1ccco1)[C@@H]1CCC12CCN(Cc1cnn(C)c1)CC2. The standard InChI is InChI=1S/C19H28N4O/c1-21(15-17-4-3-11-24-17)18-5-6-19(18)7-9-23(10-8-19)14-16-12-20-22(2)13-16/h3-4,11-13,18H,5-10,14-15H2,1-2H3/t18-/m1/s1. The molecule has 130 valence electrons. The van der Waals surface area contributed by atoms with Crippen molar-refractivity contribution in [1.82, 2.24) is 19.6 Å². The van der Waals surface area contributed by atoms with Crippen LogP contribution in [0.1, 0.15) is 37.0 Å². The second-order valence-corrected chi connectivity index (χ2v) is 7.71. The van der Waals surface area contributed by atoms with Crippen LogP contribution in [0.3, 0.4) is 0 Å². The van der Waals surface area contributed by atoms with Crippen LogP contribution in [0.15, 0.2) is 35.2 Å². The summed E-state index contributed by atoms with van der Waals surface area (Å²) in [6, 6.07) is 4.78. The first-order valence-electron chi connectivity index (χ1n) is 9.07. The van der Waals surface area contributed by atoms with Gasteiger partial charge in [-0.15, -0.1) is 0 Å². The lowest BCUT2D eigenvalue weighted by Gasteiger charge is -2.57. The molecule has 1 aliphatic heterocycles. The maximum Gasteiger partial charge on any atom is 0.117 e. The summed E-state index contributed by atoms with van der Waals surface area (Å²) >= 11 is 0. The van der Waals surface area contributed by atoms with Gasteiger partial charge in [0.15, 0.2) is 0 Å². The summed E-state index contributed by atoms with van der Waals surface area (Å²) in [6.45, 7) is 4.38. The van der Waals surface area contributed by atoms with Gasteiger partial charge < -0.3 is 4.42 Å². The van der Waals surface area contributed by atoms with E-state index in [1.54, 1.807) is 6.26 Å². The van der Waals surface area contributed by atoms with Crippen molar-refractivity contribution >= 4 is 0 Å². The van der Waals surface area contributed by atoms with Crippen LogP contribution in [0.4, 0.5) is 0 Å². The molecule has 2 fully saturated rings. The Balaban J connectivity index is 1.32. The molecule has 1 atom stereocenters. The van der Waals surface area contributed by atoms with Crippen molar-refractivity contribution in [3.8, 4) is 0 Å². The van der Waals surface area contributed by atoms with Gasteiger partial charge in [-0.1, -0.05) is 0 Å². The van der Waals surface area contributed by atoms with E-state index in [0.29, 0.717) is 11.5 Å². The van der Waals surface area contributed by atoms with Crippen LogP contribution in [-0.4, -0.2) is 45.8 Å². The van der Waals surface area contributed by atoms with Crippen molar-refractivity contribution in [3.05, 3.63) is 42.1 Å². The second kappa shape index (κ2) is 6.37. The molecule has 0 bridgehead atoms. The molecule has 2 aromatic rings. The van der Waals surface area contributed by atoms with Gasteiger partial charge in [-0.2, -0.15) is 5.10 Å². The summed E-state index contributed by atoms with van der Waals surface area (Å²) in [4.78, 5) is 5.10. The van der Waals surface area contributed by atoms with Crippen LogP contribution < -0.4 is 0 Å². The third-order valence-electron chi connectivity index (χ3n) is 6.16. The molecule has 4 rings (SSSR count). The molecule has 1 saturated heterocycles. The monoisotopic (exact) mass is 328 g/mol. The third kappa shape index (κ3) is 3.03. The Bertz CT molecular complexity index is 655. The van der Waals surface area contributed by atoms with Gasteiger partial charge in [0.1, 0.15) is 5.76 Å². The molecule has 5 nitrogen and oxygen atoms in total. The predicted molar refractivity (Wildman–Crippen MR) is 93.3 cm³/mol. The van der Waals surface area contributed by atoms with Crippen LogP contribution in [0.2, 0.25) is 0 Å². The molecule has 0 N–H and O–H groups in total. The maximum atomic E-state index is 5.53. The van der Waals surface area contributed by atoms with E-state index < -0.39 is 0 Å². The van der Waals surface area contributed by atoms with E-state index in [-0.39, 0.29) is 0 Å².